The number of hydrogen-bond donors (Lipinski definition) is 5. The molecule has 3 heterocycles. The number of rotatable bonds is 43. The second kappa shape index (κ2) is 36.8. The van der Waals surface area contributed by atoms with Crippen molar-refractivity contribution in [3.05, 3.63) is 59.2 Å². The number of aliphatic hydroxyl groups excluding tert-OH is 2. The molecule has 19 nitrogen and oxygen atoms in total. The second-order valence-electron chi connectivity index (χ2n) is 19.6. The number of hydrogen-bond acceptors (Lipinski definition) is 16. The fourth-order valence-electron chi connectivity index (χ4n) is 8.29. The monoisotopic (exact) mass is 1070 g/mol. The lowest BCUT2D eigenvalue weighted by Crippen LogP contribution is -2.36. The number of phosphoric ester groups is 2. The molecular weight excluding hydrogens is 985 g/mol. The van der Waals surface area contributed by atoms with E-state index in [0.29, 0.717) is 19.3 Å². The maximum absolute atomic E-state index is 12.9. The Balaban J connectivity index is 1.40. The van der Waals surface area contributed by atoms with Crippen molar-refractivity contribution >= 4 is 33.4 Å². The number of carbonyl (C=O) groups excluding carboxylic acids is 2. The Kier molecular flexibility index (Phi) is 32.4. The van der Waals surface area contributed by atoms with E-state index in [1.54, 1.807) is 0 Å². The number of phosphoric acid groups is 2. The van der Waals surface area contributed by atoms with Crippen LogP contribution in [0.3, 0.4) is 0 Å². The van der Waals surface area contributed by atoms with Crippen LogP contribution in [0.25, 0.3) is 0 Å². The van der Waals surface area contributed by atoms with E-state index in [0.717, 1.165) is 68.0 Å². The fraction of sp³-hybridized carbons (Fsp3) is 0.769. The van der Waals surface area contributed by atoms with Crippen LogP contribution in [-0.2, 0) is 51.0 Å². The molecular formula is C52H89N3O16P2. The third-order valence-corrected chi connectivity index (χ3v) is 15.2. The van der Waals surface area contributed by atoms with Gasteiger partial charge in [-0.3, -0.25) is 23.2 Å². The predicted molar refractivity (Wildman–Crippen MR) is 279 cm³/mol. The molecule has 4 unspecified atom stereocenters. The molecule has 0 aromatic carbocycles. The number of nitrogens with zero attached hydrogens (tertiary/aromatic N) is 2. The van der Waals surface area contributed by atoms with Crippen molar-refractivity contribution < 1.29 is 71.0 Å². The maximum atomic E-state index is 12.9. The molecule has 21 heteroatoms. The number of aliphatic hydroxyl groups is 2. The Morgan fingerprint density at radius 2 is 1.32 bits per heavy atom. The lowest BCUT2D eigenvalue weighted by molar-refractivity contribution is -0.161. The summed E-state index contributed by atoms with van der Waals surface area (Å²) < 4.78 is 62.7. The zero-order chi connectivity index (χ0) is 53.3. The smallest absolute Gasteiger partial charge is 0.462 e. The van der Waals surface area contributed by atoms with E-state index in [1.165, 1.54) is 89.5 Å². The highest BCUT2D eigenvalue weighted by Crippen LogP contribution is 2.60. The lowest BCUT2D eigenvalue weighted by atomic mass is 10.0. The van der Waals surface area contributed by atoms with Crippen LogP contribution in [0.4, 0.5) is 5.82 Å². The Morgan fingerprint density at radius 3 is 1.95 bits per heavy atom. The van der Waals surface area contributed by atoms with Crippen molar-refractivity contribution in [2.45, 2.75) is 231 Å². The van der Waals surface area contributed by atoms with Gasteiger partial charge >= 0.3 is 33.3 Å². The van der Waals surface area contributed by atoms with Gasteiger partial charge in [-0.1, -0.05) is 160 Å². The van der Waals surface area contributed by atoms with Crippen LogP contribution in [0.2, 0.25) is 0 Å². The van der Waals surface area contributed by atoms with Gasteiger partial charge in [-0.05, 0) is 63.4 Å². The van der Waals surface area contributed by atoms with E-state index in [9.17, 15) is 43.5 Å². The number of ether oxygens (including phenoxy) is 4. The molecule has 0 spiro atoms. The van der Waals surface area contributed by atoms with Gasteiger partial charge in [0.25, 0.3) is 0 Å². The van der Waals surface area contributed by atoms with Crippen molar-refractivity contribution in [2.24, 2.45) is 5.92 Å². The highest BCUT2D eigenvalue weighted by Gasteiger charge is 2.46. The number of anilines is 1. The van der Waals surface area contributed by atoms with Gasteiger partial charge in [0.1, 0.15) is 30.7 Å². The second-order valence-corrected chi connectivity index (χ2v) is 22.6. The van der Waals surface area contributed by atoms with Crippen LogP contribution in [0.15, 0.2) is 53.5 Å². The molecule has 1 aromatic rings. The largest absolute Gasteiger partial charge is 0.481 e. The summed E-state index contributed by atoms with van der Waals surface area (Å²) >= 11 is 0. The number of allylic oxidation sites excluding steroid dienone is 5. The summed E-state index contributed by atoms with van der Waals surface area (Å²) in [5, 5.41) is 20.9. The number of nitrogen functional groups attached to an aromatic ring is 1. The molecule has 6 N–H and O–H groups in total. The first kappa shape index (κ1) is 64.2. The Morgan fingerprint density at radius 1 is 0.726 bits per heavy atom. The minimum absolute atomic E-state index is 0.0319. The normalized spacial score (nSPS) is 22.1. The Bertz CT molecular complexity index is 1950. The molecule has 0 saturated carbocycles. The summed E-state index contributed by atoms with van der Waals surface area (Å²) in [6, 6.07) is 1.25. The standard InChI is InChI=1S/C52H89N3O16P2/c1-4-5-6-7-8-9-10-16-19-22-25-28-32-43-44(69-43)33-30-35-47(56)65-38-42(68-48(57)34-29-26-23-20-17-14-12-11-13-15-18-21-24-27-31-41(2)3)39-66-72(61,62)71-73(63,64)67-40-45-49(58)50(59)51(70-45)55-37-36-46(53)54-52(55)60/h8-9,16,19,25,28,36-37,41-45,49-51,58-59H,4-7,10-15,17-18,20-24,26-27,29-35,38-40H2,1-3H3,(H,61,62)(H,63,64)(H2,53,54,60)/b9-8-,19-16-,28-25-/t42-,43?,44?,45-,49-,50-,51-/m1/s1. The maximum Gasteiger partial charge on any atom is 0.481 e. The average Bonchev–Trinajstić information content (AvgIpc) is 4.02. The van der Waals surface area contributed by atoms with Gasteiger partial charge in [0, 0.05) is 19.0 Å². The van der Waals surface area contributed by atoms with Crippen LogP contribution >= 0.6 is 15.6 Å². The molecule has 418 valence electrons. The summed E-state index contributed by atoms with van der Waals surface area (Å²) in [5.41, 5.74) is 4.59. The van der Waals surface area contributed by atoms with E-state index < -0.39 is 83.7 Å². The van der Waals surface area contributed by atoms with Crippen LogP contribution < -0.4 is 11.4 Å². The minimum Gasteiger partial charge on any atom is -0.462 e. The van der Waals surface area contributed by atoms with Crippen molar-refractivity contribution in [3.8, 4) is 0 Å². The summed E-state index contributed by atoms with van der Waals surface area (Å²) in [7, 11) is -10.9. The van der Waals surface area contributed by atoms with E-state index in [-0.39, 0.29) is 30.9 Å². The first-order valence-corrected chi connectivity index (χ1v) is 30.0. The molecule has 0 aliphatic carbocycles. The van der Waals surface area contributed by atoms with Crippen molar-refractivity contribution in [1.29, 1.82) is 0 Å². The van der Waals surface area contributed by atoms with Gasteiger partial charge in [-0.15, -0.1) is 0 Å². The molecule has 2 aliphatic rings. The summed E-state index contributed by atoms with van der Waals surface area (Å²) in [5.74, 6) is -0.579. The number of carbonyl (C=O) groups is 2. The van der Waals surface area contributed by atoms with Crippen LogP contribution in [0, 0.1) is 5.92 Å². The summed E-state index contributed by atoms with van der Waals surface area (Å²) in [6.07, 6.45) is 32.4. The molecule has 1 aromatic heterocycles. The van der Waals surface area contributed by atoms with E-state index >= 15 is 0 Å². The van der Waals surface area contributed by atoms with Gasteiger partial charge in [0.05, 0.1) is 25.4 Å². The third-order valence-electron chi connectivity index (χ3n) is 12.6. The van der Waals surface area contributed by atoms with Gasteiger partial charge in [0.15, 0.2) is 12.3 Å². The van der Waals surface area contributed by atoms with Gasteiger partial charge in [0.2, 0.25) is 0 Å². The Hall–Kier alpha value is -3.06. The predicted octanol–water partition coefficient (Wildman–Crippen LogP) is 10.4. The molecule has 3 rings (SSSR count). The lowest BCUT2D eigenvalue weighted by Gasteiger charge is -2.21. The van der Waals surface area contributed by atoms with Crippen molar-refractivity contribution in [1.82, 2.24) is 9.55 Å². The van der Waals surface area contributed by atoms with Gasteiger partial charge in [-0.25, -0.2) is 13.9 Å². The molecule has 9 atom stereocenters. The first-order chi connectivity index (χ1) is 35.0. The Labute approximate surface area is 433 Å². The highest BCUT2D eigenvalue weighted by molar-refractivity contribution is 7.61. The SMILES string of the molecule is CCCCC/C=C\C/C=C\C/C=C\CC1OC1CCCC(=O)OC[C@H](COP(=O)(O)OP(=O)(O)OC[C@H]1O[C@@H](n2ccc(N)nc2=O)[C@H](O)[C@@H]1O)OC(=O)CCCCCCCCCCCCCCCCC(C)C. The molecule has 2 saturated heterocycles. The van der Waals surface area contributed by atoms with E-state index in [4.69, 9.17) is 33.7 Å². The number of unbranched alkanes of at least 4 members (excludes halogenated alkanes) is 16. The first-order valence-electron chi connectivity index (χ1n) is 27.0. The minimum atomic E-state index is -5.44. The molecule has 2 aliphatic heterocycles. The number of aromatic nitrogens is 2. The molecule has 73 heavy (non-hydrogen) atoms. The van der Waals surface area contributed by atoms with E-state index in [1.807, 2.05) is 0 Å². The third kappa shape index (κ3) is 29.7. The summed E-state index contributed by atoms with van der Waals surface area (Å²) in [4.78, 5) is 62.2. The molecule has 0 bridgehead atoms. The summed E-state index contributed by atoms with van der Waals surface area (Å²) in [6.45, 7) is 4.39. The van der Waals surface area contributed by atoms with E-state index in [2.05, 4.69) is 66.5 Å². The molecule has 2 fully saturated rings. The highest BCUT2D eigenvalue weighted by atomic mass is 31.3. The number of nitrogens with two attached hydrogens (primary N) is 1. The fourth-order valence-corrected chi connectivity index (χ4v) is 10.4. The van der Waals surface area contributed by atoms with Crippen molar-refractivity contribution in [3.63, 3.8) is 0 Å². The zero-order valence-electron chi connectivity index (χ0n) is 43.8. The van der Waals surface area contributed by atoms with Gasteiger partial charge in [-0.2, -0.15) is 9.29 Å². The zero-order valence-corrected chi connectivity index (χ0v) is 45.6. The van der Waals surface area contributed by atoms with Gasteiger partial charge < -0.3 is 44.7 Å². The number of esters is 2. The van der Waals surface area contributed by atoms with Crippen LogP contribution in [-0.4, -0.2) is 97.9 Å². The van der Waals surface area contributed by atoms with Crippen molar-refractivity contribution in [2.75, 3.05) is 25.6 Å². The number of epoxide rings is 1. The van der Waals surface area contributed by atoms with Crippen LogP contribution in [0.5, 0.6) is 0 Å². The average molecular weight is 1070 g/mol. The molecule has 0 radical (unpaired) electrons. The molecule has 0 amide bonds. The quantitative estimate of drug-likeness (QED) is 0.0134. The van der Waals surface area contributed by atoms with Crippen LogP contribution in [0.1, 0.15) is 194 Å². The topological polar surface area (TPSA) is 278 Å².